The third-order valence-electron chi connectivity index (χ3n) is 2.72. The molecule has 0 heterocycles. The van der Waals surface area contributed by atoms with E-state index in [9.17, 15) is 8.42 Å². The zero-order valence-corrected chi connectivity index (χ0v) is 13.2. The fourth-order valence-electron chi connectivity index (χ4n) is 1.56. The van der Waals surface area contributed by atoms with Gasteiger partial charge in [-0.3, -0.25) is 0 Å². The van der Waals surface area contributed by atoms with Crippen LogP contribution in [0.3, 0.4) is 0 Å². The van der Waals surface area contributed by atoms with Gasteiger partial charge in [0.1, 0.15) is 0 Å². The number of benzene rings is 1. The molecule has 0 aliphatic carbocycles. The number of halogens is 1. The average molecular weight is 351 g/mol. The predicted octanol–water partition coefficient (Wildman–Crippen LogP) is 1.72. The third-order valence-corrected chi connectivity index (χ3v) is 5.16. The molecule has 0 bridgehead atoms. The Labute approximate surface area is 122 Å². The summed E-state index contributed by atoms with van der Waals surface area (Å²) >= 11 is 3.19. The van der Waals surface area contributed by atoms with Crippen molar-refractivity contribution in [3.05, 3.63) is 22.7 Å². The first-order valence-electron chi connectivity index (χ1n) is 6.02. The Hall–Kier alpha value is -0.630. The van der Waals surface area contributed by atoms with Crippen molar-refractivity contribution in [3.63, 3.8) is 0 Å². The van der Waals surface area contributed by atoms with Crippen molar-refractivity contribution >= 4 is 31.6 Å². The first-order chi connectivity index (χ1) is 8.86. The molecule has 19 heavy (non-hydrogen) atoms. The number of aliphatic hydroxyl groups is 1. The maximum Gasteiger partial charge on any atom is 0.241 e. The lowest BCUT2D eigenvalue weighted by Gasteiger charge is -2.10. The summed E-state index contributed by atoms with van der Waals surface area (Å²) in [6.07, 6.45) is 1.47. The quantitative estimate of drug-likeness (QED) is 0.515. The minimum absolute atomic E-state index is 0.121. The molecule has 7 heteroatoms. The Kier molecular flexibility index (Phi) is 6.25. The number of rotatable bonds is 7. The molecular formula is C12H19BrN2O3S. The number of aliphatic hydroxyl groups excluding tert-OH is 1. The first-order valence-corrected chi connectivity index (χ1v) is 8.30. The molecule has 0 amide bonds. The van der Waals surface area contributed by atoms with Crippen molar-refractivity contribution < 1.29 is 13.5 Å². The van der Waals surface area contributed by atoms with Crippen molar-refractivity contribution in [1.29, 1.82) is 0 Å². The standard InChI is InChI=1S/C12H19BrN2O3S/c1-9(8-16)3-2-6-15-19(17,18)12-5-4-10(14)7-11(12)13/h4-5,7,9,15-16H,2-3,6,8,14H2,1H3. The van der Waals surface area contributed by atoms with E-state index < -0.39 is 10.0 Å². The predicted molar refractivity (Wildman–Crippen MR) is 79.2 cm³/mol. The summed E-state index contributed by atoms with van der Waals surface area (Å²) in [6.45, 7) is 2.39. The molecule has 0 radical (unpaired) electrons. The van der Waals surface area contributed by atoms with Crippen LogP contribution in [0.4, 0.5) is 5.69 Å². The molecule has 1 unspecified atom stereocenters. The highest BCUT2D eigenvalue weighted by atomic mass is 79.9. The van der Waals surface area contributed by atoms with Crippen molar-refractivity contribution in [1.82, 2.24) is 4.72 Å². The second-order valence-corrected chi connectivity index (χ2v) is 7.11. The topological polar surface area (TPSA) is 92.4 Å². The van der Waals surface area contributed by atoms with Crippen molar-refractivity contribution in [2.75, 3.05) is 18.9 Å². The summed E-state index contributed by atoms with van der Waals surface area (Å²) in [5, 5.41) is 8.88. The van der Waals surface area contributed by atoms with Crippen LogP contribution in [-0.2, 0) is 10.0 Å². The minimum Gasteiger partial charge on any atom is -0.399 e. The van der Waals surface area contributed by atoms with Crippen LogP contribution in [0.5, 0.6) is 0 Å². The van der Waals surface area contributed by atoms with Gasteiger partial charge in [-0.15, -0.1) is 0 Å². The van der Waals surface area contributed by atoms with Gasteiger partial charge in [-0.2, -0.15) is 0 Å². The molecule has 0 saturated heterocycles. The molecule has 4 N–H and O–H groups in total. The van der Waals surface area contributed by atoms with Gasteiger partial charge in [0.2, 0.25) is 10.0 Å². The lowest BCUT2D eigenvalue weighted by atomic mass is 10.1. The molecule has 0 aliphatic heterocycles. The highest BCUT2D eigenvalue weighted by Gasteiger charge is 2.17. The van der Waals surface area contributed by atoms with E-state index in [2.05, 4.69) is 20.7 Å². The summed E-state index contributed by atoms with van der Waals surface area (Å²) < 4.78 is 27.1. The Balaban J connectivity index is 2.61. The lowest BCUT2D eigenvalue weighted by Crippen LogP contribution is -2.25. The van der Waals surface area contributed by atoms with Gasteiger partial charge in [0.05, 0.1) is 4.90 Å². The van der Waals surface area contributed by atoms with Crippen LogP contribution in [0.25, 0.3) is 0 Å². The molecule has 0 aromatic heterocycles. The summed E-state index contributed by atoms with van der Waals surface area (Å²) in [5.41, 5.74) is 6.07. The highest BCUT2D eigenvalue weighted by Crippen LogP contribution is 2.24. The van der Waals surface area contributed by atoms with E-state index in [4.69, 9.17) is 10.8 Å². The molecule has 108 valence electrons. The molecule has 0 fully saturated rings. The van der Waals surface area contributed by atoms with Gasteiger partial charge >= 0.3 is 0 Å². The maximum absolute atomic E-state index is 12.0. The van der Waals surface area contributed by atoms with Crippen molar-refractivity contribution in [3.8, 4) is 0 Å². The number of hydrogen-bond donors (Lipinski definition) is 3. The van der Waals surface area contributed by atoms with Crippen LogP contribution in [0.15, 0.2) is 27.6 Å². The van der Waals surface area contributed by atoms with Crippen molar-refractivity contribution in [2.45, 2.75) is 24.7 Å². The molecule has 1 rings (SSSR count). The molecule has 1 atom stereocenters. The van der Waals surface area contributed by atoms with Crippen LogP contribution < -0.4 is 10.5 Å². The second-order valence-electron chi connectivity index (χ2n) is 4.52. The number of anilines is 1. The molecule has 5 nitrogen and oxygen atoms in total. The van der Waals surface area contributed by atoms with Gasteiger partial charge in [-0.25, -0.2) is 13.1 Å². The van der Waals surface area contributed by atoms with Crippen LogP contribution >= 0.6 is 15.9 Å². The Morgan fingerprint density at radius 2 is 2.16 bits per heavy atom. The van der Waals surface area contributed by atoms with Crippen LogP contribution in [0.1, 0.15) is 19.8 Å². The van der Waals surface area contributed by atoms with Gasteiger partial charge < -0.3 is 10.8 Å². The third kappa shape index (κ3) is 5.10. The molecule has 1 aromatic rings. The van der Waals surface area contributed by atoms with Crippen LogP contribution in [-0.4, -0.2) is 26.7 Å². The van der Waals surface area contributed by atoms with Gasteiger partial charge in [0, 0.05) is 23.3 Å². The number of sulfonamides is 1. The summed E-state index contributed by atoms with van der Waals surface area (Å²) in [7, 11) is -3.53. The van der Waals surface area contributed by atoms with E-state index >= 15 is 0 Å². The van der Waals surface area contributed by atoms with Gasteiger partial charge in [0.15, 0.2) is 0 Å². The highest BCUT2D eigenvalue weighted by molar-refractivity contribution is 9.10. The van der Waals surface area contributed by atoms with Gasteiger partial charge in [-0.1, -0.05) is 6.92 Å². The van der Waals surface area contributed by atoms with Crippen LogP contribution in [0.2, 0.25) is 0 Å². The van der Waals surface area contributed by atoms with E-state index in [1.807, 2.05) is 6.92 Å². The first kappa shape index (κ1) is 16.4. The molecular weight excluding hydrogens is 332 g/mol. The zero-order chi connectivity index (χ0) is 14.5. The number of nitrogens with one attached hydrogen (secondary N) is 1. The second kappa shape index (κ2) is 7.23. The molecule has 0 spiro atoms. The van der Waals surface area contributed by atoms with Gasteiger partial charge in [0.25, 0.3) is 0 Å². The number of hydrogen-bond acceptors (Lipinski definition) is 4. The van der Waals surface area contributed by atoms with Gasteiger partial charge in [-0.05, 0) is 52.9 Å². The monoisotopic (exact) mass is 350 g/mol. The van der Waals surface area contributed by atoms with Crippen LogP contribution in [0, 0.1) is 5.92 Å². The van der Waals surface area contributed by atoms with E-state index in [1.54, 1.807) is 12.1 Å². The van der Waals surface area contributed by atoms with E-state index in [0.29, 0.717) is 23.1 Å². The summed E-state index contributed by atoms with van der Waals surface area (Å²) in [6, 6.07) is 4.58. The number of nitrogen functional groups attached to an aromatic ring is 1. The smallest absolute Gasteiger partial charge is 0.241 e. The van der Waals surface area contributed by atoms with Crippen molar-refractivity contribution in [2.24, 2.45) is 5.92 Å². The molecule has 0 saturated carbocycles. The SMILES string of the molecule is CC(CO)CCCNS(=O)(=O)c1ccc(N)cc1Br. The van der Waals surface area contributed by atoms with E-state index in [0.717, 1.165) is 6.42 Å². The molecule has 0 aliphatic rings. The Bertz CT molecular complexity index is 520. The summed E-state index contributed by atoms with van der Waals surface area (Å²) in [4.78, 5) is 0.178. The van der Waals surface area contributed by atoms with E-state index in [1.165, 1.54) is 6.07 Å². The fraction of sp³-hybridized carbons (Fsp3) is 0.500. The molecule has 1 aromatic carbocycles. The zero-order valence-electron chi connectivity index (χ0n) is 10.8. The van der Waals surface area contributed by atoms with E-state index in [-0.39, 0.29) is 17.4 Å². The minimum atomic E-state index is -3.53. The Morgan fingerprint density at radius 3 is 2.74 bits per heavy atom. The lowest BCUT2D eigenvalue weighted by molar-refractivity contribution is 0.228. The maximum atomic E-state index is 12.0. The Morgan fingerprint density at radius 1 is 1.47 bits per heavy atom. The summed E-state index contributed by atoms with van der Waals surface area (Å²) in [5.74, 6) is 0.188. The number of nitrogens with two attached hydrogens (primary N) is 1. The fourth-order valence-corrected chi connectivity index (χ4v) is 3.73. The largest absolute Gasteiger partial charge is 0.399 e. The normalized spacial score (nSPS) is 13.4. The average Bonchev–Trinajstić information content (AvgIpc) is 2.33.